The van der Waals surface area contributed by atoms with E-state index in [0.717, 1.165) is 63.9 Å². The van der Waals surface area contributed by atoms with Crippen molar-refractivity contribution in [3.63, 3.8) is 0 Å². The highest BCUT2D eigenvalue weighted by molar-refractivity contribution is 5.79. The van der Waals surface area contributed by atoms with Crippen LogP contribution in [0.15, 0.2) is 35.0 Å². The van der Waals surface area contributed by atoms with E-state index in [1.165, 1.54) is 0 Å². The van der Waals surface area contributed by atoms with E-state index in [9.17, 15) is 9.59 Å². The van der Waals surface area contributed by atoms with Gasteiger partial charge in [-0.15, -0.1) is 0 Å². The van der Waals surface area contributed by atoms with Crippen molar-refractivity contribution >= 4 is 11.8 Å². The summed E-state index contributed by atoms with van der Waals surface area (Å²) in [5.74, 6) is 1.58. The summed E-state index contributed by atoms with van der Waals surface area (Å²) in [6.45, 7) is 3.02. The zero-order valence-corrected chi connectivity index (χ0v) is 15.4. The zero-order chi connectivity index (χ0) is 18.0. The molecule has 3 heterocycles. The number of amides is 2. The Labute approximate surface area is 155 Å². The van der Waals surface area contributed by atoms with Crippen molar-refractivity contribution in [3.8, 4) is 0 Å². The Morgan fingerprint density at radius 2 is 2.08 bits per heavy atom. The lowest BCUT2D eigenvalue weighted by Crippen LogP contribution is -2.52. The Kier molecular flexibility index (Phi) is 4.88. The van der Waals surface area contributed by atoms with Crippen molar-refractivity contribution in [2.75, 3.05) is 19.6 Å². The van der Waals surface area contributed by atoms with E-state index >= 15 is 0 Å². The monoisotopic (exact) mass is 356 g/mol. The molecule has 0 aromatic carbocycles. The minimum atomic E-state index is 0.170. The molecule has 2 saturated heterocycles. The van der Waals surface area contributed by atoms with Crippen molar-refractivity contribution in [1.29, 1.82) is 0 Å². The van der Waals surface area contributed by atoms with Crippen LogP contribution in [0.25, 0.3) is 0 Å². The molecule has 1 aromatic heterocycles. The minimum absolute atomic E-state index is 0.170. The predicted molar refractivity (Wildman–Crippen MR) is 98.1 cm³/mol. The average Bonchev–Trinajstić information content (AvgIpc) is 3.19. The number of hydrogen-bond acceptors (Lipinski definition) is 3. The lowest BCUT2D eigenvalue weighted by Gasteiger charge is -2.47. The topological polar surface area (TPSA) is 53.8 Å². The molecule has 5 heteroatoms. The Bertz CT molecular complexity index is 671. The number of hydrogen-bond donors (Lipinski definition) is 0. The molecule has 3 aliphatic rings. The molecule has 5 nitrogen and oxygen atoms in total. The summed E-state index contributed by atoms with van der Waals surface area (Å²) in [6.07, 6.45) is 12.5. The number of furan rings is 1. The van der Waals surface area contributed by atoms with E-state index in [2.05, 4.69) is 17.1 Å². The van der Waals surface area contributed by atoms with Crippen LogP contribution in [0.4, 0.5) is 0 Å². The molecule has 0 radical (unpaired) electrons. The van der Waals surface area contributed by atoms with Gasteiger partial charge < -0.3 is 14.2 Å². The van der Waals surface area contributed by atoms with E-state index in [1.54, 1.807) is 6.26 Å². The predicted octanol–water partition coefficient (Wildman–Crippen LogP) is 3.37. The van der Waals surface area contributed by atoms with Gasteiger partial charge in [0.2, 0.25) is 11.8 Å². The molecule has 2 amide bonds. The molecular formula is C21H28N2O3. The standard InChI is InChI=1S/C21H28N2O3/c24-19-8-9-21(16-23(19)15-18-7-4-14-26-18)10-12-22(13-11-21)20(25)17-5-2-1-3-6-17/h1-2,4,7,14,17H,3,5-6,8-13,15-16H2. The SMILES string of the molecule is O=C1CCC2(CCN(C(=O)C3CC=CCC3)CC2)CN1Cc1ccco1. The first-order valence-electron chi connectivity index (χ1n) is 9.89. The van der Waals surface area contributed by atoms with Crippen molar-refractivity contribution in [1.82, 2.24) is 9.80 Å². The minimum Gasteiger partial charge on any atom is -0.467 e. The van der Waals surface area contributed by atoms with Crippen molar-refractivity contribution < 1.29 is 14.0 Å². The van der Waals surface area contributed by atoms with Crippen LogP contribution >= 0.6 is 0 Å². The van der Waals surface area contributed by atoms with Gasteiger partial charge >= 0.3 is 0 Å². The maximum atomic E-state index is 12.8. The Morgan fingerprint density at radius 3 is 2.77 bits per heavy atom. The summed E-state index contributed by atoms with van der Waals surface area (Å²) < 4.78 is 5.42. The molecule has 140 valence electrons. The number of likely N-dealkylation sites (tertiary alicyclic amines) is 2. The number of nitrogens with zero attached hydrogens (tertiary/aromatic N) is 2. The molecular weight excluding hydrogens is 328 g/mol. The molecule has 4 rings (SSSR count). The second-order valence-corrected chi connectivity index (χ2v) is 8.14. The van der Waals surface area contributed by atoms with E-state index in [0.29, 0.717) is 18.9 Å². The van der Waals surface area contributed by atoms with Gasteiger partial charge in [-0.2, -0.15) is 0 Å². The van der Waals surface area contributed by atoms with E-state index in [1.807, 2.05) is 17.0 Å². The molecule has 0 N–H and O–H groups in total. The summed E-state index contributed by atoms with van der Waals surface area (Å²) in [5, 5.41) is 0. The second kappa shape index (κ2) is 7.29. The van der Waals surface area contributed by atoms with Crippen LogP contribution in [0.1, 0.15) is 50.7 Å². The fourth-order valence-electron chi connectivity index (χ4n) is 4.72. The van der Waals surface area contributed by atoms with Crippen LogP contribution in [0, 0.1) is 11.3 Å². The first-order valence-corrected chi connectivity index (χ1v) is 9.89. The van der Waals surface area contributed by atoms with Gasteiger partial charge in [-0.1, -0.05) is 12.2 Å². The molecule has 0 bridgehead atoms. The molecule has 1 aliphatic carbocycles. The lowest BCUT2D eigenvalue weighted by molar-refractivity contribution is -0.145. The molecule has 26 heavy (non-hydrogen) atoms. The molecule has 1 aromatic rings. The van der Waals surface area contributed by atoms with Gasteiger partial charge in [-0.3, -0.25) is 9.59 Å². The fraction of sp³-hybridized carbons (Fsp3) is 0.619. The third kappa shape index (κ3) is 3.57. The van der Waals surface area contributed by atoms with Gasteiger partial charge in [-0.25, -0.2) is 0 Å². The zero-order valence-electron chi connectivity index (χ0n) is 15.4. The smallest absolute Gasteiger partial charge is 0.226 e. The number of piperidine rings is 2. The quantitative estimate of drug-likeness (QED) is 0.780. The Morgan fingerprint density at radius 1 is 1.23 bits per heavy atom. The van der Waals surface area contributed by atoms with Gasteiger partial charge in [0, 0.05) is 32.0 Å². The van der Waals surface area contributed by atoms with Gasteiger partial charge in [0.25, 0.3) is 0 Å². The first kappa shape index (κ1) is 17.4. The fourth-order valence-corrected chi connectivity index (χ4v) is 4.72. The van der Waals surface area contributed by atoms with Gasteiger partial charge in [0.15, 0.2) is 0 Å². The largest absolute Gasteiger partial charge is 0.467 e. The van der Waals surface area contributed by atoms with Gasteiger partial charge in [-0.05, 0) is 56.1 Å². The summed E-state index contributed by atoms with van der Waals surface area (Å²) in [6, 6.07) is 3.79. The molecule has 0 saturated carbocycles. The average molecular weight is 356 g/mol. The number of rotatable bonds is 3. The highest BCUT2D eigenvalue weighted by Gasteiger charge is 2.42. The van der Waals surface area contributed by atoms with Crippen molar-refractivity contribution in [3.05, 3.63) is 36.3 Å². The van der Waals surface area contributed by atoms with Crippen molar-refractivity contribution in [2.45, 2.75) is 51.5 Å². The molecule has 1 atom stereocenters. The van der Waals surface area contributed by atoms with Gasteiger partial charge in [0.1, 0.15) is 5.76 Å². The third-order valence-electron chi connectivity index (χ3n) is 6.43. The number of carbonyl (C=O) groups excluding carboxylic acids is 2. The summed E-state index contributed by atoms with van der Waals surface area (Å²) in [4.78, 5) is 29.1. The Balaban J connectivity index is 1.35. The van der Waals surface area contributed by atoms with Gasteiger partial charge in [0.05, 0.1) is 12.8 Å². The summed E-state index contributed by atoms with van der Waals surface area (Å²) >= 11 is 0. The highest BCUT2D eigenvalue weighted by atomic mass is 16.3. The highest BCUT2D eigenvalue weighted by Crippen LogP contribution is 2.41. The summed E-state index contributed by atoms with van der Waals surface area (Å²) in [5.41, 5.74) is 0.170. The van der Waals surface area contributed by atoms with Crippen molar-refractivity contribution in [2.24, 2.45) is 11.3 Å². The maximum absolute atomic E-state index is 12.8. The van der Waals surface area contributed by atoms with Crippen LogP contribution in [0.2, 0.25) is 0 Å². The van der Waals surface area contributed by atoms with Crippen LogP contribution in [-0.4, -0.2) is 41.2 Å². The van der Waals surface area contributed by atoms with E-state index in [4.69, 9.17) is 4.42 Å². The van der Waals surface area contributed by atoms with Crippen LogP contribution in [0.3, 0.4) is 0 Å². The van der Waals surface area contributed by atoms with Crippen LogP contribution in [-0.2, 0) is 16.1 Å². The van der Waals surface area contributed by atoms with E-state index in [-0.39, 0.29) is 17.2 Å². The first-order chi connectivity index (χ1) is 12.7. The molecule has 1 spiro atoms. The number of allylic oxidation sites excluding steroid dienone is 2. The summed E-state index contributed by atoms with van der Waals surface area (Å²) in [7, 11) is 0. The molecule has 1 unspecified atom stereocenters. The Hall–Kier alpha value is -2.04. The molecule has 2 fully saturated rings. The van der Waals surface area contributed by atoms with E-state index < -0.39 is 0 Å². The van der Waals surface area contributed by atoms with Crippen LogP contribution in [0.5, 0.6) is 0 Å². The lowest BCUT2D eigenvalue weighted by atomic mass is 9.72. The normalized spacial score (nSPS) is 25.7. The third-order valence-corrected chi connectivity index (χ3v) is 6.43. The number of carbonyl (C=O) groups is 2. The second-order valence-electron chi connectivity index (χ2n) is 8.14. The maximum Gasteiger partial charge on any atom is 0.226 e. The molecule has 2 aliphatic heterocycles. The van der Waals surface area contributed by atoms with Crippen LogP contribution < -0.4 is 0 Å².